The second kappa shape index (κ2) is 4.03. The molecule has 0 atom stereocenters. The molecule has 0 saturated carbocycles. The van der Waals surface area contributed by atoms with Crippen molar-refractivity contribution in [3.63, 3.8) is 0 Å². The second-order valence-corrected chi connectivity index (χ2v) is 3.47. The Labute approximate surface area is 93.2 Å². The molecule has 0 bridgehead atoms. The van der Waals surface area contributed by atoms with Gasteiger partial charge in [-0.25, -0.2) is 0 Å². The highest BCUT2D eigenvalue weighted by molar-refractivity contribution is 5.60. The van der Waals surface area contributed by atoms with Gasteiger partial charge in [0, 0.05) is 7.05 Å². The number of nitrogens with zero attached hydrogens (tertiary/aromatic N) is 2. The van der Waals surface area contributed by atoms with Crippen LogP contribution in [0.4, 0.5) is 0 Å². The number of pyridine rings is 1. The molecule has 0 aliphatic heterocycles. The van der Waals surface area contributed by atoms with Crippen LogP contribution in [0.15, 0.2) is 47.3 Å². The Hall–Kier alpha value is -2.34. The molecule has 0 saturated heterocycles. The summed E-state index contributed by atoms with van der Waals surface area (Å²) in [4.78, 5) is 11.7. The Balaban J connectivity index is 2.67. The number of benzene rings is 1. The van der Waals surface area contributed by atoms with Crippen molar-refractivity contribution in [1.29, 1.82) is 5.26 Å². The van der Waals surface area contributed by atoms with E-state index in [4.69, 9.17) is 5.26 Å². The van der Waals surface area contributed by atoms with Crippen LogP contribution in [0.5, 0.6) is 0 Å². The summed E-state index contributed by atoms with van der Waals surface area (Å²) < 4.78 is 1.49. The molecule has 0 fully saturated rings. The summed E-state index contributed by atoms with van der Waals surface area (Å²) in [7, 11) is 1.67. The van der Waals surface area contributed by atoms with E-state index in [-0.39, 0.29) is 11.1 Å². The Morgan fingerprint density at radius 1 is 1.12 bits per heavy atom. The lowest BCUT2D eigenvalue weighted by Gasteiger charge is -2.07. The molecule has 2 aromatic rings. The predicted molar refractivity (Wildman–Crippen MR) is 61.8 cm³/mol. The van der Waals surface area contributed by atoms with Crippen LogP contribution >= 0.6 is 0 Å². The zero-order chi connectivity index (χ0) is 11.5. The molecule has 0 N–H and O–H groups in total. The SMILES string of the molecule is Cn1c(-c2ccccc2)ccc(C#N)c1=O. The Morgan fingerprint density at radius 3 is 2.44 bits per heavy atom. The highest BCUT2D eigenvalue weighted by Crippen LogP contribution is 2.16. The predicted octanol–water partition coefficient (Wildman–Crippen LogP) is 1.92. The smallest absolute Gasteiger partial charge is 0.268 e. The average molecular weight is 210 g/mol. The first-order valence-electron chi connectivity index (χ1n) is 4.89. The molecule has 1 heterocycles. The number of aromatic nitrogens is 1. The Kier molecular flexibility index (Phi) is 2.57. The number of nitriles is 1. The van der Waals surface area contributed by atoms with Crippen molar-refractivity contribution in [2.45, 2.75) is 0 Å². The number of rotatable bonds is 1. The molecule has 16 heavy (non-hydrogen) atoms. The average Bonchev–Trinajstić information content (AvgIpc) is 2.34. The lowest BCUT2D eigenvalue weighted by Crippen LogP contribution is -2.20. The van der Waals surface area contributed by atoms with Gasteiger partial charge in [-0.05, 0) is 17.7 Å². The van der Waals surface area contributed by atoms with Crippen molar-refractivity contribution in [2.75, 3.05) is 0 Å². The highest BCUT2D eigenvalue weighted by Gasteiger charge is 2.06. The van der Waals surface area contributed by atoms with Crippen LogP contribution in [0.25, 0.3) is 11.3 Å². The zero-order valence-electron chi connectivity index (χ0n) is 8.84. The molecule has 2 rings (SSSR count). The first kappa shape index (κ1) is 10.2. The zero-order valence-corrected chi connectivity index (χ0v) is 8.84. The highest BCUT2D eigenvalue weighted by atomic mass is 16.1. The quantitative estimate of drug-likeness (QED) is 0.721. The van der Waals surface area contributed by atoms with Crippen molar-refractivity contribution in [2.24, 2.45) is 7.05 Å². The van der Waals surface area contributed by atoms with Crippen LogP contribution in [0.1, 0.15) is 5.56 Å². The fourth-order valence-electron chi connectivity index (χ4n) is 1.62. The van der Waals surface area contributed by atoms with Gasteiger partial charge < -0.3 is 4.57 Å². The third kappa shape index (κ3) is 1.61. The standard InChI is InChI=1S/C13H10N2O/c1-15-12(10-5-3-2-4-6-10)8-7-11(9-14)13(15)16/h2-8H,1H3. The first-order chi connectivity index (χ1) is 7.74. The molecule has 0 unspecified atom stereocenters. The van der Waals surface area contributed by atoms with Crippen LogP contribution in [0, 0.1) is 11.3 Å². The van der Waals surface area contributed by atoms with Crippen LogP contribution in [0.3, 0.4) is 0 Å². The van der Waals surface area contributed by atoms with Gasteiger partial charge in [0.05, 0.1) is 5.69 Å². The van der Waals surface area contributed by atoms with Gasteiger partial charge >= 0.3 is 0 Å². The monoisotopic (exact) mass is 210 g/mol. The van der Waals surface area contributed by atoms with Crippen molar-refractivity contribution >= 4 is 0 Å². The fourth-order valence-corrected chi connectivity index (χ4v) is 1.62. The molecule has 3 heteroatoms. The van der Waals surface area contributed by atoms with E-state index in [0.717, 1.165) is 11.3 Å². The molecule has 78 valence electrons. The molecule has 1 aromatic heterocycles. The molecule has 3 nitrogen and oxygen atoms in total. The maximum atomic E-state index is 11.7. The van der Waals surface area contributed by atoms with Crippen molar-refractivity contribution in [3.8, 4) is 17.3 Å². The molecule has 0 aliphatic carbocycles. The minimum Gasteiger partial charge on any atom is -0.310 e. The minimum absolute atomic E-state index is 0.169. The van der Waals surface area contributed by atoms with Gasteiger partial charge in [-0.15, -0.1) is 0 Å². The third-order valence-electron chi connectivity index (χ3n) is 2.49. The largest absolute Gasteiger partial charge is 0.310 e. The van der Waals surface area contributed by atoms with E-state index in [1.54, 1.807) is 19.2 Å². The van der Waals surface area contributed by atoms with Gasteiger partial charge in [-0.3, -0.25) is 4.79 Å². The fraction of sp³-hybridized carbons (Fsp3) is 0.0769. The van der Waals surface area contributed by atoms with E-state index in [1.807, 2.05) is 36.4 Å². The summed E-state index contributed by atoms with van der Waals surface area (Å²) in [5, 5.41) is 8.74. The van der Waals surface area contributed by atoms with E-state index in [1.165, 1.54) is 4.57 Å². The molecule has 1 aromatic carbocycles. The Morgan fingerprint density at radius 2 is 1.81 bits per heavy atom. The lowest BCUT2D eigenvalue weighted by molar-refractivity contribution is 0.866. The molecule has 0 amide bonds. The van der Waals surface area contributed by atoms with E-state index in [9.17, 15) is 4.79 Å². The van der Waals surface area contributed by atoms with Gasteiger partial charge in [0.1, 0.15) is 11.6 Å². The molecule has 0 aliphatic rings. The molecular formula is C13H10N2O. The van der Waals surface area contributed by atoms with E-state index in [0.29, 0.717) is 0 Å². The maximum Gasteiger partial charge on any atom is 0.268 e. The first-order valence-corrected chi connectivity index (χ1v) is 4.89. The van der Waals surface area contributed by atoms with Gasteiger partial charge in [0.25, 0.3) is 5.56 Å². The Bertz CT molecular complexity index is 606. The third-order valence-corrected chi connectivity index (χ3v) is 2.49. The van der Waals surface area contributed by atoms with Gasteiger partial charge in [0.2, 0.25) is 0 Å². The topological polar surface area (TPSA) is 45.8 Å². The lowest BCUT2D eigenvalue weighted by atomic mass is 10.1. The van der Waals surface area contributed by atoms with Crippen LogP contribution in [0.2, 0.25) is 0 Å². The van der Waals surface area contributed by atoms with Gasteiger partial charge in [0.15, 0.2) is 0 Å². The summed E-state index contributed by atoms with van der Waals surface area (Å²) in [5.41, 5.74) is 1.68. The maximum absolute atomic E-state index is 11.7. The normalized spacial score (nSPS) is 9.75. The molecule has 0 spiro atoms. The second-order valence-electron chi connectivity index (χ2n) is 3.47. The summed E-state index contributed by atoms with van der Waals surface area (Å²) >= 11 is 0. The van der Waals surface area contributed by atoms with E-state index < -0.39 is 0 Å². The minimum atomic E-state index is -0.260. The van der Waals surface area contributed by atoms with Gasteiger partial charge in [-0.1, -0.05) is 30.3 Å². The van der Waals surface area contributed by atoms with Crippen molar-refractivity contribution in [1.82, 2.24) is 4.57 Å². The summed E-state index contributed by atoms with van der Waals surface area (Å²) in [6, 6.07) is 14.8. The number of hydrogen-bond donors (Lipinski definition) is 0. The number of hydrogen-bond acceptors (Lipinski definition) is 2. The molecular weight excluding hydrogens is 200 g/mol. The van der Waals surface area contributed by atoms with E-state index >= 15 is 0 Å². The molecule has 0 radical (unpaired) electrons. The summed E-state index contributed by atoms with van der Waals surface area (Å²) in [6.45, 7) is 0. The van der Waals surface area contributed by atoms with Crippen LogP contribution in [-0.4, -0.2) is 4.57 Å². The van der Waals surface area contributed by atoms with E-state index in [2.05, 4.69) is 0 Å². The van der Waals surface area contributed by atoms with Gasteiger partial charge in [-0.2, -0.15) is 5.26 Å². The summed E-state index contributed by atoms with van der Waals surface area (Å²) in [6.07, 6.45) is 0. The van der Waals surface area contributed by atoms with Crippen molar-refractivity contribution in [3.05, 3.63) is 58.4 Å². The van der Waals surface area contributed by atoms with Crippen molar-refractivity contribution < 1.29 is 0 Å². The van der Waals surface area contributed by atoms with Crippen LogP contribution < -0.4 is 5.56 Å². The van der Waals surface area contributed by atoms with Crippen LogP contribution in [-0.2, 0) is 7.05 Å². The summed E-state index contributed by atoms with van der Waals surface area (Å²) in [5.74, 6) is 0.